The number of rotatable bonds is 8. The number of hydrogen-bond donors (Lipinski definition) is 0. The van der Waals surface area contributed by atoms with Gasteiger partial charge in [-0.25, -0.2) is 4.39 Å². The second-order valence-corrected chi connectivity index (χ2v) is 10.0. The quantitative estimate of drug-likeness (QED) is 0.366. The first-order chi connectivity index (χ1) is 15.7. The van der Waals surface area contributed by atoms with Gasteiger partial charge < -0.3 is 0 Å². The van der Waals surface area contributed by atoms with E-state index >= 15 is 4.39 Å². The highest BCUT2D eigenvalue weighted by Gasteiger charge is 2.23. The second kappa shape index (κ2) is 11.1. The molecule has 0 nitrogen and oxygen atoms in total. The lowest BCUT2D eigenvalue weighted by atomic mass is 9.77. The van der Waals surface area contributed by atoms with Crippen LogP contribution in [0.1, 0.15) is 101 Å². The number of benzene rings is 2. The molecule has 2 aromatic rings. The maximum absolute atomic E-state index is 15.1. The molecule has 0 radical (unpaired) electrons. The van der Waals surface area contributed by atoms with Crippen LogP contribution < -0.4 is 0 Å². The van der Waals surface area contributed by atoms with Crippen LogP contribution in [0, 0.1) is 11.7 Å². The Morgan fingerprint density at radius 3 is 2.31 bits per heavy atom. The molecule has 32 heavy (non-hydrogen) atoms. The molecule has 0 aliphatic heterocycles. The lowest BCUT2D eigenvalue weighted by Gasteiger charge is -2.28. The molecule has 1 unspecified atom stereocenters. The van der Waals surface area contributed by atoms with E-state index < -0.39 is 0 Å². The number of halogens is 1. The Balaban J connectivity index is 1.39. The molecule has 1 atom stereocenters. The van der Waals surface area contributed by atoms with E-state index in [0.717, 1.165) is 36.3 Å². The van der Waals surface area contributed by atoms with Crippen LogP contribution in [0.5, 0.6) is 0 Å². The summed E-state index contributed by atoms with van der Waals surface area (Å²) in [5.41, 5.74) is 5.88. The lowest BCUT2D eigenvalue weighted by molar-refractivity contribution is 0.308. The Morgan fingerprint density at radius 1 is 0.938 bits per heavy atom. The maximum atomic E-state index is 15.1. The molecule has 170 valence electrons. The molecule has 0 amide bonds. The molecule has 1 fully saturated rings. The van der Waals surface area contributed by atoms with Gasteiger partial charge in [-0.1, -0.05) is 73.9 Å². The zero-order chi connectivity index (χ0) is 22.3. The predicted molar refractivity (Wildman–Crippen MR) is 136 cm³/mol. The first-order valence-electron chi connectivity index (χ1n) is 12.9. The van der Waals surface area contributed by atoms with Gasteiger partial charge in [0.25, 0.3) is 0 Å². The van der Waals surface area contributed by atoms with Gasteiger partial charge in [0, 0.05) is 5.56 Å². The average Bonchev–Trinajstić information content (AvgIpc) is 2.84. The van der Waals surface area contributed by atoms with Crippen molar-refractivity contribution in [2.24, 2.45) is 5.92 Å². The molecular formula is C31H39F. The normalized spacial score (nSPS) is 23.6. The topological polar surface area (TPSA) is 0 Å². The van der Waals surface area contributed by atoms with Crippen molar-refractivity contribution in [1.82, 2.24) is 0 Å². The Kier molecular flexibility index (Phi) is 8.00. The molecule has 0 saturated heterocycles. The monoisotopic (exact) mass is 430 g/mol. The standard InChI is InChI=1S/C31H39F/c1-3-5-7-24-10-12-25(13-11-24)26-16-18-28(19-17-26)30-21-20-29(22-31(30)32)27-14-8-23(6-4-2)9-15-27/h3,10,16-23,25,27H,1,4-9,11-15H2,2H3. The van der Waals surface area contributed by atoms with Crippen molar-refractivity contribution in [3.05, 3.63) is 83.7 Å². The summed E-state index contributed by atoms with van der Waals surface area (Å²) in [6.45, 7) is 6.11. The third-order valence-electron chi connectivity index (χ3n) is 7.88. The van der Waals surface area contributed by atoms with E-state index in [-0.39, 0.29) is 5.82 Å². The van der Waals surface area contributed by atoms with Crippen LogP contribution in [0.3, 0.4) is 0 Å². The Morgan fingerprint density at radius 2 is 1.69 bits per heavy atom. The van der Waals surface area contributed by atoms with Crippen LogP contribution >= 0.6 is 0 Å². The molecule has 0 aromatic heterocycles. The Labute approximate surface area is 194 Å². The van der Waals surface area contributed by atoms with Crippen molar-refractivity contribution in [2.45, 2.75) is 89.4 Å². The molecular weight excluding hydrogens is 391 g/mol. The van der Waals surface area contributed by atoms with Crippen LogP contribution in [-0.2, 0) is 0 Å². The second-order valence-electron chi connectivity index (χ2n) is 10.0. The van der Waals surface area contributed by atoms with Gasteiger partial charge >= 0.3 is 0 Å². The minimum Gasteiger partial charge on any atom is -0.206 e. The zero-order valence-corrected chi connectivity index (χ0v) is 19.8. The lowest BCUT2D eigenvalue weighted by Crippen LogP contribution is -2.13. The molecule has 0 bridgehead atoms. The van der Waals surface area contributed by atoms with Crippen LogP contribution in [0.15, 0.2) is 66.8 Å². The van der Waals surface area contributed by atoms with Gasteiger partial charge in [-0.2, -0.15) is 0 Å². The van der Waals surface area contributed by atoms with Gasteiger partial charge in [0.05, 0.1) is 0 Å². The van der Waals surface area contributed by atoms with Gasteiger partial charge in [0.15, 0.2) is 0 Å². The van der Waals surface area contributed by atoms with Crippen LogP contribution in [-0.4, -0.2) is 0 Å². The zero-order valence-electron chi connectivity index (χ0n) is 19.8. The van der Waals surface area contributed by atoms with Crippen molar-refractivity contribution >= 4 is 0 Å². The molecule has 0 heterocycles. The summed E-state index contributed by atoms with van der Waals surface area (Å²) >= 11 is 0. The largest absolute Gasteiger partial charge is 0.206 e. The average molecular weight is 431 g/mol. The van der Waals surface area contributed by atoms with Crippen LogP contribution in [0.2, 0.25) is 0 Å². The van der Waals surface area contributed by atoms with E-state index in [0.29, 0.717) is 11.8 Å². The predicted octanol–water partition coefficient (Wildman–Crippen LogP) is 9.73. The summed E-state index contributed by atoms with van der Waals surface area (Å²) in [6.07, 6.45) is 17.9. The molecule has 1 saturated carbocycles. The smallest absolute Gasteiger partial charge is 0.131 e. The van der Waals surface area contributed by atoms with E-state index in [4.69, 9.17) is 0 Å². The third kappa shape index (κ3) is 5.61. The molecule has 1 heteroatoms. The van der Waals surface area contributed by atoms with Crippen molar-refractivity contribution in [1.29, 1.82) is 0 Å². The van der Waals surface area contributed by atoms with E-state index in [1.165, 1.54) is 62.5 Å². The van der Waals surface area contributed by atoms with E-state index in [9.17, 15) is 0 Å². The van der Waals surface area contributed by atoms with Gasteiger partial charge in [-0.05, 0) is 98.3 Å². The Bertz CT molecular complexity index is 912. The SMILES string of the molecule is C=CCCC1=CCC(c2ccc(-c3ccc(C4CCC(CCC)CC4)cc3F)cc2)CC1. The highest BCUT2D eigenvalue weighted by atomic mass is 19.1. The van der Waals surface area contributed by atoms with Crippen molar-refractivity contribution in [3.63, 3.8) is 0 Å². The molecule has 0 spiro atoms. The molecule has 2 aromatic carbocycles. The van der Waals surface area contributed by atoms with Crippen LogP contribution in [0.25, 0.3) is 11.1 Å². The summed E-state index contributed by atoms with van der Waals surface area (Å²) in [5.74, 6) is 1.94. The molecule has 4 rings (SSSR count). The van der Waals surface area contributed by atoms with Gasteiger partial charge in [0.2, 0.25) is 0 Å². The van der Waals surface area contributed by atoms with E-state index in [2.05, 4.69) is 49.9 Å². The van der Waals surface area contributed by atoms with E-state index in [1.807, 2.05) is 18.2 Å². The summed E-state index contributed by atoms with van der Waals surface area (Å²) < 4.78 is 15.1. The van der Waals surface area contributed by atoms with Gasteiger partial charge in [-0.15, -0.1) is 6.58 Å². The summed E-state index contributed by atoms with van der Waals surface area (Å²) in [4.78, 5) is 0. The van der Waals surface area contributed by atoms with Gasteiger partial charge in [0.1, 0.15) is 5.82 Å². The first-order valence-corrected chi connectivity index (χ1v) is 12.9. The number of allylic oxidation sites excluding steroid dienone is 3. The third-order valence-corrected chi connectivity index (χ3v) is 7.88. The maximum Gasteiger partial charge on any atom is 0.131 e. The fraction of sp³-hybridized carbons (Fsp3) is 0.484. The van der Waals surface area contributed by atoms with Crippen LogP contribution in [0.4, 0.5) is 4.39 Å². The molecule has 0 N–H and O–H groups in total. The fourth-order valence-corrected chi connectivity index (χ4v) is 5.85. The first kappa shape index (κ1) is 23.0. The van der Waals surface area contributed by atoms with E-state index in [1.54, 1.807) is 5.57 Å². The highest BCUT2D eigenvalue weighted by molar-refractivity contribution is 5.65. The van der Waals surface area contributed by atoms with Gasteiger partial charge in [-0.3, -0.25) is 0 Å². The highest BCUT2D eigenvalue weighted by Crippen LogP contribution is 2.39. The molecule has 2 aliphatic rings. The Hall–Kier alpha value is -2.15. The van der Waals surface area contributed by atoms with Crippen molar-refractivity contribution in [3.8, 4) is 11.1 Å². The minimum atomic E-state index is -0.0709. The van der Waals surface area contributed by atoms with Crippen molar-refractivity contribution in [2.75, 3.05) is 0 Å². The minimum absolute atomic E-state index is 0.0709. The van der Waals surface area contributed by atoms with Crippen molar-refractivity contribution < 1.29 is 4.39 Å². The number of hydrogen-bond acceptors (Lipinski definition) is 0. The fourth-order valence-electron chi connectivity index (χ4n) is 5.85. The summed E-state index contributed by atoms with van der Waals surface area (Å²) in [7, 11) is 0. The summed E-state index contributed by atoms with van der Waals surface area (Å²) in [6, 6.07) is 14.6. The summed E-state index contributed by atoms with van der Waals surface area (Å²) in [5, 5.41) is 0. The molecule has 2 aliphatic carbocycles.